The fourth-order valence-corrected chi connectivity index (χ4v) is 1.06. The summed E-state index contributed by atoms with van der Waals surface area (Å²) < 4.78 is 0. The molecule has 0 unspecified atom stereocenters. The SMILES string of the molecule is Clc1ccc(C=Nn2cncn2)cc1. The Morgan fingerprint density at radius 2 is 2.07 bits per heavy atom. The maximum atomic E-state index is 5.74. The Morgan fingerprint density at radius 1 is 1.29 bits per heavy atom. The molecule has 0 aliphatic rings. The topological polar surface area (TPSA) is 43.1 Å². The maximum absolute atomic E-state index is 5.74. The second kappa shape index (κ2) is 4.02. The van der Waals surface area contributed by atoms with Gasteiger partial charge in [-0.3, -0.25) is 0 Å². The summed E-state index contributed by atoms with van der Waals surface area (Å²) in [7, 11) is 0. The first-order valence-corrected chi connectivity index (χ1v) is 4.37. The van der Waals surface area contributed by atoms with Gasteiger partial charge in [-0.1, -0.05) is 23.7 Å². The highest BCUT2D eigenvalue weighted by molar-refractivity contribution is 6.30. The van der Waals surface area contributed by atoms with E-state index in [0.29, 0.717) is 5.02 Å². The second-order valence-corrected chi connectivity index (χ2v) is 3.05. The van der Waals surface area contributed by atoms with Gasteiger partial charge in [0.1, 0.15) is 12.7 Å². The molecule has 0 saturated carbocycles. The largest absolute Gasteiger partial charge is 0.221 e. The van der Waals surface area contributed by atoms with Gasteiger partial charge in [0.2, 0.25) is 0 Å². The minimum Gasteiger partial charge on any atom is -0.221 e. The smallest absolute Gasteiger partial charge is 0.139 e. The Kier molecular flexibility index (Phi) is 2.55. The van der Waals surface area contributed by atoms with Crippen LogP contribution in [0, 0.1) is 0 Å². The van der Waals surface area contributed by atoms with Crippen LogP contribution >= 0.6 is 11.6 Å². The van der Waals surface area contributed by atoms with Gasteiger partial charge in [-0.2, -0.15) is 5.10 Å². The van der Waals surface area contributed by atoms with Crippen molar-refractivity contribution in [1.29, 1.82) is 0 Å². The van der Waals surface area contributed by atoms with Crippen molar-refractivity contribution in [2.24, 2.45) is 5.10 Å². The molecule has 1 heterocycles. The fourth-order valence-electron chi connectivity index (χ4n) is 0.936. The van der Waals surface area contributed by atoms with Crippen LogP contribution in [-0.4, -0.2) is 21.1 Å². The van der Waals surface area contributed by atoms with E-state index < -0.39 is 0 Å². The molecule has 14 heavy (non-hydrogen) atoms. The third-order valence-electron chi connectivity index (χ3n) is 1.60. The van der Waals surface area contributed by atoms with Crippen LogP contribution in [-0.2, 0) is 0 Å². The molecule has 0 fully saturated rings. The normalized spacial score (nSPS) is 10.9. The predicted molar refractivity (Wildman–Crippen MR) is 54.5 cm³/mol. The molecule has 0 aliphatic heterocycles. The Hall–Kier alpha value is -1.68. The highest BCUT2D eigenvalue weighted by Crippen LogP contribution is 2.07. The second-order valence-electron chi connectivity index (χ2n) is 2.61. The molecule has 5 heteroatoms. The van der Waals surface area contributed by atoms with Gasteiger partial charge in [0.05, 0.1) is 6.21 Å². The molecule has 2 aromatic rings. The molecule has 0 atom stereocenters. The molecule has 1 aromatic carbocycles. The molecule has 0 aliphatic carbocycles. The molecule has 0 saturated heterocycles. The number of rotatable bonds is 2. The fraction of sp³-hybridized carbons (Fsp3) is 0. The number of hydrogen-bond donors (Lipinski definition) is 0. The van der Waals surface area contributed by atoms with Gasteiger partial charge in [-0.15, -0.1) is 9.89 Å². The summed E-state index contributed by atoms with van der Waals surface area (Å²) in [6, 6.07) is 7.38. The average molecular weight is 207 g/mol. The van der Waals surface area contributed by atoms with Crippen molar-refractivity contribution in [2.45, 2.75) is 0 Å². The van der Waals surface area contributed by atoms with Gasteiger partial charge < -0.3 is 0 Å². The number of hydrogen-bond acceptors (Lipinski definition) is 3. The molecular weight excluding hydrogens is 200 g/mol. The zero-order valence-corrected chi connectivity index (χ0v) is 7.96. The Balaban J connectivity index is 2.15. The van der Waals surface area contributed by atoms with E-state index in [1.54, 1.807) is 6.21 Å². The van der Waals surface area contributed by atoms with Crippen molar-refractivity contribution in [3.05, 3.63) is 47.5 Å². The molecular formula is C9H7ClN4. The zero-order chi connectivity index (χ0) is 9.80. The minimum atomic E-state index is 0.711. The Morgan fingerprint density at radius 3 is 2.71 bits per heavy atom. The van der Waals surface area contributed by atoms with Crippen LogP contribution in [0.4, 0.5) is 0 Å². The van der Waals surface area contributed by atoms with E-state index in [1.165, 1.54) is 17.4 Å². The van der Waals surface area contributed by atoms with Crippen LogP contribution in [0.5, 0.6) is 0 Å². The zero-order valence-electron chi connectivity index (χ0n) is 7.21. The third-order valence-corrected chi connectivity index (χ3v) is 1.85. The summed E-state index contributed by atoms with van der Waals surface area (Å²) in [4.78, 5) is 5.15. The number of halogens is 1. The van der Waals surface area contributed by atoms with E-state index in [1.807, 2.05) is 24.3 Å². The summed E-state index contributed by atoms with van der Waals surface area (Å²) in [5.74, 6) is 0. The number of aromatic nitrogens is 3. The van der Waals surface area contributed by atoms with Crippen LogP contribution in [0.25, 0.3) is 0 Å². The van der Waals surface area contributed by atoms with Gasteiger partial charge in [0, 0.05) is 5.02 Å². The predicted octanol–water partition coefficient (Wildman–Crippen LogP) is 1.81. The van der Waals surface area contributed by atoms with Gasteiger partial charge in [-0.25, -0.2) is 4.98 Å². The summed E-state index contributed by atoms with van der Waals surface area (Å²) in [6.45, 7) is 0. The molecule has 1 aromatic heterocycles. The lowest BCUT2D eigenvalue weighted by molar-refractivity contribution is 0.743. The van der Waals surface area contributed by atoms with Gasteiger partial charge in [0.15, 0.2) is 0 Å². The van der Waals surface area contributed by atoms with Crippen molar-refractivity contribution < 1.29 is 0 Å². The van der Waals surface area contributed by atoms with Crippen LogP contribution in [0.3, 0.4) is 0 Å². The first-order chi connectivity index (χ1) is 6.84. The first kappa shape index (κ1) is 8.90. The van der Waals surface area contributed by atoms with Crippen molar-refractivity contribution in [1.82, 2.24) is 14.9 Å². The van der Waals surface area contributed by atoms with Gasteiger partial charge in [-0.05, 0) is 17.7 Å². The summed E-state index contributed by atoms with van der Waals surface area (Å²) in [5, 5.41) is 8.58. The quantitative estimate of drug-likeness (QED) is 0.704. The standard InChI is InChI=1S/C9H7ClN4/c10-9-3-1-8(2-4-9)5-12-14-7-11-6-13-14/h1-7H. The van der Waals surface area contributed by atoms with Gasteiger partial charge in [0.25, 0.3) is 0 Å². The lowest BCUT2D eigenvalue weighted by Crippen LogP contribution is -1.90. The summed E-state index contributed by atoms with van der Waals surface area (Å²) >= 11 is 5.74. The lowest BCUT2D eigenvalue weighted by Gasteiger charge is -1.92. The van der Waals surface area contributed by atoms with E-state index in [2.05, 4.69) is 15.2 Å². The highest BCUT2D eigenvalue weighted by Gasteiger charge is 1.88. The molecule has 0 spiro atoms. The molecule has 0 N–H and O–H groups in total. The Labute approximate surface area is 85.8 Å². The first-order valence-electron chi connectivity index (χ1n) is 3.99. The van der Waals surface area contributed by atoms with E-state index in [9.17, 15) is 0 Å². The number of nitrogens with zero attached hydrogens (tertiary/aromatic N) is 4. The van der Waals surface area contributed by atoms with Gasteiger partial charge >= 0.3 is 0 Å². The molecule has 0 bridgehead atoms. The third kappa shape index (κ3) is 2.17. The van der Waals surface area contributed by atoms with E-state index in [4.69, 9.17) is 11.6 Å². The molecule has 4 nitrogen and oxygen atoms in total. The van der Waals surface area contributed by atoms with E-state index in [0.717, 1.165) is 5.56 Å². The van der Waals surface area contributed by atoms with Crippen molar-refractivity contribution in [2.75, 3.05) is 0 Å². The maximum Gasteiger partial charge on any atom is 0.139 e. The number of benzene rings is 1. The lowest BCUT2D eigenvalue weighted by atomic mass is 10.2. The molecule has 70 valence electrons. The van der Waals surface area contributed by atoms with Crippen molar-refractivity contribution in [3.63, 3.8) is 0 Å². The van der Waals surface area contributed by atoms with E-state index >= 15 is 0 Å². The molecule has 0 amide bonds. The molecule has 0 radical (unpaired) electrons. The van der Waals surface area contributed by atoms with Crippen LogP contribution in [0.15, 0.2) is 42.0 Å². The summed E-state index contributed by atoms with van der Waals surface area (Å²) in [6.07, 6.45) is 4.64. The average Bonchev–Trinajstić information content (AvgIpc) is 2.70. The van der Waals surface area contributed by atoms with Crippen LogP contribution in [0.1, 0.15) is 5.56 Å². The highest BCUT2D eigenvalue weighted by atomic mass is 35.5. The van der Waals surface area contributed by atoms with Crippen molar-refractivity contribution >= 4 is 17.8 Å². The summed E-state index contributed by atoms with van der Waals surface area (Å²) in [5.41, 5.74) is 0.963. The minimum absolute atomic E-state index is 0.711. The van der Waals surface area contributed by atoms with E-state index in [-0.39, 0.29) is 0 Å². The van der Waals surface area contributed by atoms with Crippen molar-refractivity contribution in [3.8, 4) is 0 Å². The molecule has 2 rings (SSSR count). The Bertz CT molecular complexity index is 419. The monoisotopic (exact) mass is 206 g/mol. The van der Waals surface area contributed by atoms with Crippen LogP contribution in [0.2, 0.25) is 5.02 Å². The van der Waals surface area contributed by atoms with Crippen LogP contribution < -0.4 is 0 Å².